The average Bonchev–Trinajstić information content (AvgIpc) is 2.38. The minimum atomic E-state index is 0.164. The van der Waals surface area contributed by atoms with E-state index in [0.29, 0.717) is 0 Å². The summed E-state index contributed by atoms with van der Waals surface area (Å²) in [6, 6.07) is 4.22. The fraction of sp³-hybridized carbons (Fsp3) is 0.429. The first kappa shape index (κ1) is 8.50. The predicted octanol–water partition coefficient (Wildman–Crippen LogP) is 3.56. The summed E-state index contributed by atoms with van der Waals surface area (Å²) < 4.78 is 0.164. The molecule has 0 N–H and O–H groups in total. The zero-order chi connectivity index (χ0) is 7.61. The number of thiol groups is 1. The number of thiophene rings is 1. The molecule has 0 spiro atoms. The Kier molecular flexibility index (Phi) is 2.72. The Bertz CT molecular complexity index is 189. The maximum absolute atomic E-state index is 4.21. The normalized spacial score (nSPS) is 11.9. The van der Waals surface area contributed by atoms with E-state index in [0.717, 1.165) is 0 Å². The highest BCUT2D eigenvalue weighted by atomic mass is 33.1. The summed E-state index contributed by atoms with van der Waals surface area (Å²) in [5.74, 6) is 0. The minimum absolute atomic E-state index is 0.164. The average molecular weight is 190 g/mol. The van der Waals surface area contributed by atoms with Gasteiger partial charge in [0.15, 0.2) is 0 Å². The number of hydrogen-bond acceptors (Lipinski definition) is 3. The first-order valence-corrected chi connectivity index (χ1v) is 5.78. The lowest BCUT2D eigenvalue weighted by Crippen LogP contribution is -2.06. The summed E-state index contributed by atoms with van der Waals surface area (Å²) in [5, 5.41) is 2.10. The standard InChI is InChI=1S/C7H10S3/c1-7(2,10-8)6-4-3-5-9-6/h3-5,8H,1-2H3. The van der Waals surface area contributed by atoms with Gasteiger partial charge in [0.25, 0.3) is 0 Å². The Labute approximate surface area is 74.8 Å². The molecule has 0 unspecified atom stereocenters. The lowest BCUT2D eigenvalue weighted by Gasteiger charge is -2.18. The van der Waals surface area contributed by atoms with E-state index in [9.17, 15) is 0 Å². The lowest BCUT2D eigenvalue weighted by molar-refractivity contribution is 0.810. The Morgan fingerprint density at radius 1 is 1.60 bits per heavy atom. The molecular formula is C7H10S3. The van der Waals surface area contributed by atoms with Gasteiger partial charge in [0.1, 0.15) is 0 Å². The summed E-state index contributed by atoms with van der Waals surface area (Å²) in [6.45, 7) is 4.35. The van der Waals surface area contributed by atoms with E-state index in [1.165, 1.54) is 4.88 Å². The van der Waals surface area contributed by atoms with E-state index in [-0.39, 0.29) is 4.75 Å². The van der Waals surface area contributed by atoms with Crippen molar-refractivity contribution < 1.29 is 0 Å². The third-order valence-corrected chi connectivity index (χ3v) is 4.71. The smallest absolute Gasteiger partial charge is 0.0546 e. The molecule has 0 saturated carbocycles. The van der Waals surface area contributed by atoms with Crippen molar-refractivity contribution in [1.29, 1.82) is 0 Å². The van der Waals surface area contributed by atoms with E-state index in [1.54, 1.807) is 22.1 Å². The fourth-order valence-electron chi connectivity index (χ4n) is 0.666. The monoisotopic (exact) mass is 190 g/mol. The van der Waals surface area contributed by atoms with Crippen molar-refractivity contribution in [3.05, 3.63) is 22.4 Å². The summed E-state index contributed by atoms with van der Waals surface area (Å²) in [4.78, 5) is 1.38. The van der Waals surface area contributed by atoms with Crippen LogP contribution in [0.2, 0.25) is 0 Å². The lowest BCUT2D eigenvalue weighted by atomic mass is 10.2. The number of rotatable bonds is 2. The second-order valence-corrected chi connectivity index (χ2v) is 5.28. The van der Waals surface area contributed by atoms with Crippen molar-refractivity contribution >= 4 is 33.8 Å². The van der Waals surface area contributed by atoms with Crippen molar-refractivity contribution in [2.75, 3.05) is 0 Å². The predicted molar refractivity (Wildman–Crippen MR) is 53.9 cm³/mol. The van der Waals surface area contributed by atoms with Crippen LogP contribution in [0.15, 0.2) is 17.5 Å². The summed E-state index contributed by atoms with van der Waals surface area (Å²) in [6.07, 6.45) is 0. The van der Waals surface area contributed by atoms with Gasteiger partial charge in [-0.3, -0.25) is 0 Å². The van der Waals surface area contributed by atoms with Gasteiger partial charge in [0, 0.05) is 4.88 Å². The van der Waals surface area contributed by atoms with Crippen LogP contribution < -0.4 is 0 Å². The summed E-state index contributed by atoms with van der Waals surface area (Å²) in [5.41, 5.74) is 0. The van der Waals surface area contributed by atoms with Gasteiger partial charge in [0.2, 0.25) is 0 Å². The maximum atomic E-state index is 4.21. The van der Waals surface area contributed by atoms with Crippen molar-refractivity contribution in [2.45, 2.75) is 18.6 Å². The molecule has 1 heterocycles. The van der Waals surface area contributed by atoms with Gasteiger partial charge >= 0.3 is 0 Å². The van der Waals surface area contributed by atoms with E-state index >= 15 is 0 Å². The van der Waals surface area contributed by atoms with Gasteiger partial charge in [-0.05, 0) is 25.3 Å². The molecule has 0 atom stereocenters. The van der Waals surface area contributed by atoms with Crippen LogP contribution in [0.3, 0.4) is 0 Å². The molecule has 0 aliphatic rings. The molecule has 0 aromatic carbocycles. The fourth-order valence-corrected chi connectivity index (χ4v) is 2.32. The molecule has 0 fully saturated rings. The van der Waals surface area contributed by atoms with Crippen LogP contribution in [0.25, 0.3) is 0 Å². The van der Waals surface area contributed by atoms with Gasteiger partial charge in [-0.2, -0.15) is 0 Å². The van der Waals surface area contributed by atoms with Crippen LogP contribution in [0, 0.1) is 0 Å². The molecule has 0 aliphatic heterocycles. The Morgan fingerprint density at radius 2 is 2.30 bits per heavy atom. The van der Waals surface area contributed by atoms with Crippen LogP contribution in [0.1, 0.15) is 18.7 Å². The molecular weight excluding hydrogens is 180 g/mol. The molecule has 0 bridgehead atoms. The van der Waals surface area contributed by atoms with Crippen molar-refractivity contribution in [3.8, 4) is 0 Å². The highest BCUT2D eigenvalue weighted by Gasteiger charge is 2.19. The van der Waals surface area contributed by atoms with Crippen LogP contribution in [0.5, 0.6) is 0 Å². The van der Waals surface area contributed by atoms with Gasteiger partial charge in [-0.25, -0.2) is 0 Å². The minimum Gasteiger partial charge on any atom is -0.147 e. The Balaban J connectivity index is 2.85. The van der Waals surface area contributed by atoms with Gasteiger partial charge < -0.3 is 0 Å². The van der Waals surface area contributed by atoms with E-state index in [2.05, 4.69) is 43.0 Å². The molecule has 10 heavy (non-hydrogen) atoms. The van der Waals surface area contributed by atoms with E-state index in [1.807, 2.05) is 0 Å². The molecule has 0 radical (unpaired) electrons. The highest BCUT2D eigenvalue weighted by Crippen LogP contribution is 2.39. The molecule has 1 aromatic heterocycles. The maximum Gasteiger partial charge on any atom is 0.0546 e. The van der Waals surface area contributed by atoms with Crippen LogP contribution in [-0.4, -0.2) is 0 Å². The molecule has 1 rings (SSSR count). The van der Waals surface area contributed by atoms with Crippen LogP contribution >= 0.6 is 33.8 Å². The second-order valence-electron chi connectivity index (χ2n) is 2.58. The molecule has 0 nitrogen and oxygen atoms in total. The molecule has 3 heteroatoms. The van der Waals surface area contributed by atoms with Crippen LogP contribution in [0.4, 0.5) is 0 Å². The van der Waals surface area contributed by atoms with Gasteiger partial charge in [0.05, 0.1) is 4.75 Å². The molecule has 0 amide bonds. The quantitative estimate of drug-likeness (QED) is 0.549. The number of hydrogen-bond donors (Lipinski definition) is 1. The molecule has 0 saturated heterocycles. The zero-order valence-corrected chi connectivity index (χ0v) is 8.52. The van der Waals surface area contributed by atoms with Gasteiger partial charge in [-0.15, -0.1) is 23.0 Å². The summed E-state index contributed by atoms with van der Waals surface area (Å²) in [7, 11) is 1.59. The zero-order valence-electron chi connectivity index (χ0n) is 6.00. The first-order chi connectivity index (χ1) is 4.67. The van der Waals surface area contributed by atoms with Crippen LogP contribution in [-0.2, 0) is 4.75 Å². The van der Waals surface area contributed by atoms with E-state index < -0.39 is 0 Å². The van der Waals surface area contributed by atoms with Crippen molar-refractivity contribution in [3.63, 3.8) is 0 Å². The largest absolute Gasteiger partial charge is 0.147 e. The SMILES string of the molecule is CC(C)(SS)c1cccs1. The molecule has 0 aliphatic carbocycles. The van der Waals surface area contributed by atoms with Crippen molar-refractivity contribution in [2.24, 2.45) is 0 Å². The second kappa shape index (κ2) is 3.20. The van der Waals surface area contributed by atoms with Gasteiger partial charge in [-0.1, -0.05) is 16.9 Å². The molecule has 1 aromatic rings. The highest BCUT2D eigenvalue weighted by molar-refractivity contribution is 8.69. The Morgan fingerprint density at radius 3 is 2.70 bits per heavy atom. The Hall–Kier alpha value is 0.400. The van der Waals surface area contributed by atoms with E-state index in [4.69, 9.17) is 0 Å². The summed E-state index contributed by atoms with van der Waals surface area (Å²) >= 11 is 6.00. The third kappa shape index (κ3) is 1.71. The van der Waals surface area contributed by atoms with Crippen molar-refractivity contribution in [1.82, 2.24) is 0 Å². The topological polar surface area (TPSA) is 0 Å². The first-order valence-electron chi connectivity index (χ1n) is 3.03. The molecule has 56 valence electrons. The third-order valence-electron chi connectivity index (χ3n) is 1.34.